The monoisotopic (exact) mass is 480 g/mol. The molecular weight excluding hydrogens is 459 g/mol. The Hall–Kier alpha value is -2.17. The van der Waals surface area contributed by atoms with Crippen LogP contribution in [-0.2, 0) is 20.2 Å². The number of aliphatic imine (C=N–C) groups is 1. The number of fused-ring (bicyclic) bond motifs is 1. The van der Waals surface area contributed by atoms with Crippen molar-refractivity contribution in [1.82, 2.24) is 14.5 Å². The van der Waals surface area contributed by atoms with Crippen LogP contribution >= 0.6 is 20.2 Å². The van der Waals surface area contributed by atoms with Gasteiger partial charge in [-0.3, -0.25) is 4.99 Å². The molecular formula is C23H22Cl2FeN4. The molecule has 0 aliphatic carbocycles. The van der Waals surface area contributed by atoms with Crippen LogP contribution in [0, 0.1) is 13.8 Å². The van der Waals surface area contributed by atoms with Crippen LogP contribution in [-0.4, -0.2) is 20.2 Å². The van der Waals surface area contributed by atoms with Gasteiger partial charge >= 0.3 is 33.3 Å². The summed E-state index contributed by atoms with van der Waals surface area (Å²) in [6.07, 6.45) is 0. The van der Waals surface area contributed by atoms with Gasteiger partial charge in [-0.05, 0) is 56.2 Å². The summed E-state index contributed by atoms with van der Waals surface area (Å²) in [6.45, 7) is 6.18. The second kappa shape index (κ2) is 10.2. The van der Waals surface area contributed by atoms with Crippen LogP contribution in [0.1, 0.15) is 23.7 Å². The summed E-state index contributed by atoms with van der Waals surface area (Å²) < 4.78 is 2.08. The average molecular weight is 481 g/mol. The zero-order valence-electron chi connectivity index (χ0n) is 17.2. The molecule has 4 rings (SSSR count). The second-order valence-corrected chi connectivity index (χ2v) is 8.70. The fourth-order valence-electron chi connectivity index (χ4n) is 3.34. The van der Waals surface area contributed by atoms with E-state index in [1.54, 1.807) is 0 Å². The zero-order valence-corrected chi connectivity index (χ0v) is 19.8. The first-order valence-electron chi connectivity index (χ1n) is 9.32. The van der Waals surface area contributed by atoms with Crippen molar-refractivity contribution in [3.8, 4) is 11.5 Å². The third-order valence-electron chi connectivity index (χ3n) is 4.86. The number of para-hydroxylation sites is 3. The number of benzene rings is 2. The number of pyridine rings is 1. The summed E-state index contributed by atoms with van der Waals surface area (Å²) in [4.78, 5) is 14.5. The molecule has 0 aliphatic rings. The topological polar surface area (TPSA) is 43.1 Å². The molecule has 0 bridgehead atoms. The minimum atomic E-state index is 0.194. The molecule has 7 heteroatoms. The molecule has 0 amide bonds. The van der Waals surface area contributed by atoms with Gasteiger partial charge in [0.15, 0.2) is 5.82 Å². The molecule has 0 unspecified atom stereocenters. The van der Waals surface area contributed by atoms with E-state index in [9.17, 15) is 0 Å². The van der Waals surface area contributed by atoms with Gasteiger partial charge in [0.05, 0.1) is 28.1 Å². The molecule has 2 aromatic carbocycles. The van der Waals surface area contributed by atoms with Crippen molar-refractivity contribution in [2.45, 2.75) is 20.8 Å². The number of aromatic nitrogens is 3. The Labute approximate surface area is 191 Å². The van der Waals surface area contributed by atoms with E-state index >= 15 is 0 Å². The summed E-state index contributed by atoms with van der Waals surface area (Å²) in [5.74, 6) is 0.859. The molecule has 156 valence electrons. The number of hydrogen-bond acceptors (Lipinski definition) is 3. The molecule has 30 heavy (non-hydrogen) atoms. The van der Waals surface area contributed by atoms with Crippen molar-refractivity contribution in [2.24, 2.45) is 12.0 Å². The van der Waals surface area contributed by atoms with Gasteiger partial charge in [-0.15, -0.1) is 0 Å². The molecule has 0 saturated carbocycles. The quantitative estimate of drug-likeness (QED) is 0.240. The van der Waals surface area contributed by atoms with E-state index in [0.717, 1.165) is 39.6 Å². The summed E-state index contributed by atoms with van der Waals surface area (Å²) in [6, 6.07) is 20.4. The van der Waals surface area contributed by atoms with E-state index in [1.165, 1.54) is 11.1 Å². The van der Waals surface area contributed by atoms with Crippen LogP contribution in [0.3, 0.4) is 0 Å². The number of rotatable bonds is 3. The average Bonchev–Trinajstić information content (AvgIpc) is 3.08. The van der Waals surface area contributed by atoms with Gasteiger partial charge in [-0.1, -0.05) is 36.4 Å². The number of halogens is 2. The number of imidazole rings is 1. The van der Waals surface area contributed by atoms with Crippen molar-refractivity contribution in [3.05, 3.63) is 77.5 Å². The van der Waals surface area contributed by atoms with E-state index in [4.69, 9.17) is 35.2 Å². The Morgan fingerprint density at radius 3 is 2.20 bits per heavy atom. The molecule has 0 radical (unpaired) electrons. The number of nitrogens with zero attached hydrogens (tertiary/aromatic N) is 4. The molecule has 0 aliphatic heterocycles. The van der Waals surface area contributed by atoms with Crippen LogP contribution in [0.5, 0.6) is 0 Å². The van der Waals surface area contributed by atoms with Crippen LogP contribution in [0.15, 0.2) is 65.7 Å². The zero-order chi connectivity index (χ0) is 21.7. The Morgan fingerprint density at radius 2 is 1.53 bits per heavy atom. The van der Waals surface area contributed by atoms with E-state index in [-0.39, 0.29) is 13.1 Å². The molecule has 2 aromatic heterocycles. The summed E-state index contributed by atoms with van der Waals surface area (Å²) in [5, 5.41) is 0. The van der Waals surface area contributed by atoms with Crippen molar-refractivity contribution in [1.29, 1.82) is 0 Å². The summed E-state index contributed by atoms with van der Waals surface area (Å²) in [5.41, 5.74) is 8.04. The molecule has 0 atom stereocenters. The van der Waals surface area contributed by atoms with Crippen molar-refractivity contribution >= 4 is 42.6 Å². The summed E-state index contributed by atoms with van der Waals surface area (Å²) in [7, 11) is 11.6. The van der Waals surface area contributed by atoms with Crippen LogP contribution in [0.4, 0.5) is 5.69 Å². The van der Waals surface area contributed by atoms with E-state index in [2.05, 4.69) is 42.7 Å². The third-order valence-corrected chi connectivity index (χ3v) is 4.86. The molecule has 2 heterocycles. The molecule has 0 fully saturated rings. The van der Waals surface area contributed by atoms with Crippen molar-refractivity contribution in [3.63, 3.8) is 0 Å². The Balaban J connectivity index is 0.000000806. The SMILES string of the molecule is CC(=Nc1c(C)cccc1C)c1cccc(-c2nc3ccccc3n2C)n1.[Cl][Fe][Cl]. The van der Waals surface area contributed by atoms with Gasteiger partial charge in [-0.25, -0.2) is 9.97 Å². The molecule has 0 spiro atoms. The maximum atomic E-state index is 4.86. The first kappa shape index (κ1) is 22.5. The van der Waals surface area contributed by atoms with Crippen molar-refractivity contribution in [2.75, 3.05) is 0 Å². The molecule has 4 aromatic rings. The Bertz CT molecular complexity index is 1180. The van der Waals surface area contributed by atoms with Crippen LogP contribution in [0.25, 0.3) is 22.6 Å². The molecule has 0 N–H and O–H groups in total. The third kappa shape index (κ3) is 4.93. The minimum absolute atomic E-state index is 0.194. The first-order chi connectivity index (χ1) is 14.5. The van der Waals surface area contributed by atoms with Crippen LogP contribution < -0.4 is 0 Å². The predicted molar refractivity (Wildman–Crippen MR) is 123 cm³/mol. The van der Waals surface area contributed by atoms with Gasteiger partial charge in [0.1, 0.15) is 5.69 Å². The standard InChI is InChI=1S/C23H22N4.2ClH.Fe/c1-15-9-7-10-16(2)22(15)24-17(3)18-12-8-13-20(25-18)23-26-19-11-5-6-14-21(19)27(23)4;;;/h5-14H,1-4H3;2*1H;/q;;;+2/p-2. The van der Waals surface area contributed by atoms with Crippen LogP contribution in [0.2, 0.25) is 0 Å². The van der Waals surface area contributed by atoms with Crippen molar-refractivity contribution < 1.29 is 13.1 Å². The molecule has 0 saturated heterocycles. The van der Waals surface area contributed by atoms with E-state index in [0.29, 0.717) is 0 Å². The first-order valence-corrected chi connectivity index (χ1v) is 12.4. The van der Waals surface area contributed by atoms with E-state index in [1.807, 2.05) is 50.4 Å². The Morgan fingerprint density at radius 1 is 0.900 bits per heavy atom. The Kier molecular flexibility index (Phi) is 7.68. The predicted octanol–water partition coefficient (Wildman–Crippen LogP) is 6.77. The second-order valence-electron chi connectivity index (χ2n) is 6.88. The fraction of sp³-hybridized carbons (Fsp3) is 0.174. The number of hydrogen-bond donors (Lipinski definition) is 0. The van der Waals surface area contributed by atoms with Gasteiger partial charge < -0.3 is 4.57 Å². The molecule has 4 nitrogen and oxygen atoms in total. The fourth-order valence-corrected chi connectivity index (χ4v) is 3.34. The van der Waals surface area contributed by atoms with Gasteiger partial charge in [0, 0.05) is 7.05 Å². The van der Waals surface area contributed by atoms with Gasteiger partial charge in [-0.2, -0.15) is 0 Å². The van der Waals surface area contributed by atoms with E-state index < -0.39 is 0 Å². The number of aryl methyl sites for hydroxylation is 3. The van der Waals surface area contributed by atoms with Gasteiger partial charge in [0.25, 0.3) is 0 Å². The summed E-state index contributed by atoms with van der Waals surface area (Å²) >= 11 is 0.194. The van der Waals surface area contributed by atoms with Gasteiger partial charge in [0.2, 0.25) is 0 Å². The maximum absolute atomic E-state index is 4.86. The normalized spacial score (nSPS) is 11.5.